The molecule has 1 saturated heterocycles. The van der Waals surface area contributed by atoms with E-state index in [1.54, 1.807) is 27.9 Å². The molecular weight excluding hydrogens is 366 g/mol. The molecule has 4 unspecified atom stereocenters. The molecule has 4 atom stereocenters. The van der Waals surface area contributed by atoms with Gasteiger partial charge in [-0.15, -0.1) is 0 Å². The standard InChI is InChI=1S/C19H31N3O4S/c1-21-15-10-14(27-9-5-8-18(24)25)11-16(15)22(19(21)26)20-12-17(23)13-6-3-2-4-7-13/h12-17,23H,2-11H2,1H3,(H,24,25)/b20-12+. The van der Waals surface area contributed by atoms with E-state index in [0.717, 1.165) is 44.3 Å². The first-order chi connectivity index (χ1) is 13.0. The molecule has 1 aliphatic heterocycles. The number of fused-ring (bicyclic) bond motifs is 1. The Balaban J connectivity index is 1.53. The Morgan fingerprint density at radius 2 is 2.00 bits per heavy atom. The van der Waals surface area contributed by atoms with Crippen LogP contribution in [0.4, 0.5) is 4.79 Å². The van der Waals surface area contributed by atoms with Crippen molar-refractivity contribution in [1.82, 2.24) is 9.91 Å². The van der Waals surface area contributed by atoms with Crippen LogP contribution in [0.15, 0.2) is 5.10 Å². The van der Waals surface area contributed by atoms with Crippen molar-refractivity contribution >= 4 is 30.0 Å². The van der Waals surface area contributed by atoms with Crippen molar-refractivity contribution in [3.8, 4) is 0 Å². The quantitative estimate of drug-likeness (QED) is 0.485. The van der Waals surface area contributed by atoms with Crippen molar-refractivity contribution in [2.75, 3.05) is 12.8 Å². The Hall–Kier alpha value is -1.28. The molecule has 2 saturated carbocycles. The fourth-order valence-electron chi connectivity index (χ4n) is 4.56. The van der Waals surface area contributed by atoms with Gasteiger partial charge in [-0.2, -0.15) is 16.9 Å². The summed E-state index contributed by atoms with van der Waals surface area (Å²) in [6, 6.07) is 0.110. The minimum absolute atomic E-state index is 0.0503. The Bertz CT molecular complexity index is 567. The van der Waals surface area contributed by atoms with E-state index in [0.29, 0.717) is 11.7 Å². The minimum Gasteiger partial charge on any atom is -0.481 e. The lowest BCUT2D eigenvalue weighted by atomic mass is 9.86. The third-order valence-electron chi connectivity index (χ3n) is 6.13. The van der Waals surface area contributed by atoms with Crippen LogP contribution in [0.1, 0.15) is 57.8 Å². The van der Waals surface area contributed by atoms with Crippen LogP contribution >= 0.6 is 11.8 Å². The van der Waals surface area contributed by atoms with Gasteiger partial charge in [0.15, 0.2) is 0 Å². The molecule has 0 aromatic rings. The average molecular weight is 398 g/mol. The van der Waals surface area contributed by atoms with Gasteiger partial charge in [0.1, 0.15) is 0 Å². The first kappa shape index (κ1) is 20.5. The van der Waals surface area contributed by atoms with Crippen LogP contribution in [0, 0.1) is 5.92 Å². The van der Waals surface area contributed by atoms with Gasteiger partial charge < -0.3 is 15.1 Å². The summed E-state index contributed by atoms with van der Waals surface area (Å²) in [5.41, 5.74) is 0. The fraction of sp³-hybridized carbons (Fsp3) is 0.842. The highest BCUT2D eigenvalue weighted by molar-refractivity contribution is 7.99. The maximum Gasteiger partial charge on any atom is 0.340 e. The molecule has 3 rings (SSSR count). The second kappa shape index (κ2) is 9.28. The van der Waals surface area contributed by atoms with Crippen LogP contribution in [-0.4, -0.2) is 74.6 Å². The van der Waals surface area contributed by atoms with Gasteiger partial charge in [-0.1, -0.05) is 19.3 Å². The van der Waals surface area contributed by atoms with E-state index in [2.05, 4.69) is 5.10 Å². The lowest BCUT2D eigenvalue weighted by Crippen LogP contribution is -2.32. The monoisotopic (exact) mass is 397 g/mol. The molecule has 0 aromatic heterocycles. The third kappa shape index (κ3) is 4.96. The Labute approximate surface area is 165 Å². The molecule has 0 bridgehead atoms. The zero-order valence-electron chi connectivity index (χ0n) is 16.0. The number of thioether (sulfide) groups is 1. The number of carboxylic acid groups (broad SMARTS) is 1. The number of carboxylic acids is 1. The molecule has 2 N–H and O–H groups in total. The van der Waals surface area contributed by atoms with Crippen LogP contribution in [0.5, 0.6) is 0 Å². The van der Waals surface area contributed by atoms with Gasteiger partial charge in [-0.3, -0.25) is 4.79 Å². The maximum atomic E-state index is 12.5. The molecule has 8 heteroatoms. The van der Waals surface area contributed by atoms with Gasteiger partial charge >= 0.3 is 12.0 Å². The van der Waals surface area contributed by atoms with E-state index in [9.17, 15) is 14.7 Å². The van der Waals surface area contributed by atoms with Crippen molar-refractivity contribution in [1.29, 1.82) is 0 Å². The van der Waals surface area contributed by atoms with Crippen molar-refractivity contribution in [2.24, 2.45) is 11.0 Å². The summed E-state index contributed by atoms with van der Waals surface area (Å²) in [7, 11) is 1.82. The highest BCUT2D eigenvalue weighted by Crippen LogP contribution is 2.40. The summed E-state index contributed by atoms with van der Waals surface area (Å²) in [5.74, 6) is 0.341. The summed E-state index contributed by atoms with van der Waals surface area (Å²) in [4.78, 5) is 24.9. The van der Waals surface area contributed by atoms with E-state index < -0.39 is 12.1 Å². The second-order valence-electron chi connectivity index (χ2n) is 7.99. The number of hydrogen-bond donors (Lipinski definition) is 2. The van der Waals surface area contributed by atoms with E-state index >= 15 is 0 Å². The van der Waals surface area contributed by atoms with Crippen molar-refractivity contribution < 1.29 is 19.8 Å². The normalized spacial score (nSPS) is 30.3. The number of likely N-dealkylation sites (N-methyl/N-ethyl adjacent to an activating group) is 1. The second-order valence-corrected chi connectivity index (χ2v) is 9.40. The predicted octanol–water partition coefficient (Wildman–Crippen LogP) is 2.78. The molecule has 7 nitrogen and oxygen atoms in total. The molecule has 0 aromatic carbocycles. The number of aliphatic carboxylic acids is 1. The van der Waals surface area contributed by atoms with Crippen LogP contribution < -0.4 is 0 Å². The SMILES string of the molecule is CN1C(=O)N(/N=C/C(O)C2CCCCC2)C2CC(SCCCC(=O)O)CC21. The number of aliphatic hydroxyl groups excluding tert-OH is 1. The van der Waals surface area contributed by atoms with Gasteiger partial charge in [0.05, 0.1) is 24.4 Å². The van der Waals surface area contributed by atoms with E-state index in [1.807, 2.05) is 7.05 Å². The van der Waals surface area contributed by atoms with Crippen molar-refractivity contribution in [2.45, 2.75) is 81.2 Å². The Kier molecular flexibility index (Phi) is 7.03. The van der Waals surface area contributed by atoms with Crippen LogP contribution in [0.3, 0.4) is 0 Å². The van der Waals surface area contributed by atoms with Gasteiger partial charge in [0, 0.05) is 18.7 Å². The van der Waals surface area contributed by atoms with Crippen LogP contribution in [0.25, 0.3) is 0 Å². The van der Waals surface area contributed by atoms with Crippen LogP contribution in [0.2, 0.25) is 0 Å². The van der Waals surface area contributed by atoms with E-state index in [1.165, 1.54) is 6.42 Å². The number of aliphatic hydroxyl groups is 1. The number of carbonyl (C=O) groups excluding carboxylic acids is 1. The Morgan fingerprint density at radius 3 is 2.70 bits per heavy atom. The maximum absolute atomic E-state index is 12.5. The first-order valence-corrected chi connectivity index (χ1v) is 11.1. The highest BCUT2D eigenvalue weighted by atomic mass is 32.2. The van der Waals surface area contributed by atoms with Crippen molar-refractivity contribution in [3.63, 3.8) is 0 Å². The molecule has 0 radical (unpaired) electrons. The lowest BCUT2D eigenvalue weighted by molar-refractivity contribution is -0.137. The van der Waals surface area contributed by atoms with Gasteiger partial charge in [-0.25, -0.2) is 9.80 Å². The van der Waals surface area contributed by atoms with Crippen LogP contribution in [-0.2, 0) is 4.79 Å². The number of hydrogen-bond acceptors (Lipinski definition) is 5. The number of nitrogens with zero attached hydrogens (tertiary/aromatic N) is 3. The largest absolute Gasteiger partial charge is 0.481 e. The lowest BCUT2D eigenvalue weighted by Gasteiger charge is -2.25. The van der Waals surface area contributed by atoms with Gasteiger partial charge in [0.2, 0.25) is 0 Å². The highest BCUT2D eigenvalue weighted by Gasteiger charge is 2.50. The molecule has 3 fully saturated rings. The molecular formula is C19H31N3O4S. The van der Waals surface area contributed by atoms with Crippen molar-refractivity contribution in [3.05, 3.63) is 0 Å². The number of carbonyl (C=O) groups is 2. The number of rotatable bonds is 8. The number of urea groups is 1. The summed E-state index contributed by atoms with van der Waals surface area (Å²) in [5, 5.41) is 25.5. The minimum atomic E-state index is -0.749. The molecule has 27 heavy (non-hydrogen) atoms. The molecule has 3 aliphatic rings. The summed E-state index contributed by atoms with van der Waals surface area (Å²) >= 11 is 1.81. The zero-order valence-corrected chi connectivity index (χ0v) is 16.8. The third-order valence-corrected chi connectivity index (χ3v) is 7.51. The summed E-state index contributed by atoms with van der Waals surface area (Å²) in [6.45, 7) is 0. The molecule has 0 spiro atoms. The zero-order chi connectivity index (χ0) is 19.4. The number of hydrazone groups is 1. The van der Waals surface area contributed by atoms with Gasteiger partial charge in [0.25, 0.3) is 0 Å². The van der Waals surface area contributed by atoms with E-state index in [4.69, 9.17) is 5.11 Å². The Morgan fingerprint density at radius 1 is 1.30 bits per heavy atom. The van der Waals surface area contributed by atoms with E-state index in [-0.39, 0.29) is 30.5 Å². The van der Waals surface area contributed by atoms with Gasteiger partial charge in [-0.05, 0) is 43.8 Å². The molecule has 1 heterocycles. The predicted molar refractivity (Wildman–Crippen MR) is 106 cm³/mol. The summed E-state index contributed by atoms with van der Waals surface area (Å²) in [6.07, 6.45) is 9.28. The molecule has 2 aliphatic carbocycles. The summed E-state index contributed by atoms with van der Waals surface area (Å²) < 4.78 is 0. The smallest absolute Gasteiger partial charge is 0.340 e. The average Bonchev–Trinajstić information content (AvgIpc) is 3.17. The molecule has 152 valence electrons. The fourth-order valence-corrected chi connectivity index (χ4v) is 5.87. The first-order valence-electron chi connectivity index (χ1n) is 10.1. The topological polar surface area (TPSA) is 93.4 Å². The number of amides is 2. The molecule has 2 amide bonds.